The summed E-state index contributed by atoms with van der Waals surface area (Å²) in [5, 5.41) is 9.94. The van der Waals surface area contributed by atoms with Crippen molar-refractivity contribution in [3.63, 3.8) is 0 Å². The Kier molecular flexibility index (Phi) is 4.74. The van der Waals surface area contributed by atoms with E-state index in [0.29, 0.717) is 49.1 Å². The van der Waals surface area contributed by atoms with Crippen molar-refractivity contribution < 1.29 is 7.85 Å². The summed E-state index contributed by atoms with van der Waals surface area (Å²) in [4.78, 5) is 3.96. The van der Waals surface area contributed by atoms with Gasteiger partial charge >= 0.3 is 0 Å². The highest BCUT2D eigenvalue weighted by Gasteiger charge is 2.19. The molecule has 2 rings (SSSR count). The molecule has 1 aliphatic heterocycles. The molecule has 106 valence electrons. The fourth-order valence-electron chi connectivity index (χ4n) is 2.16. The number of aliphatic hydroxyl groups is 1. The number of benzene rings is 1. The lowest BCUT2D eigenvalue weighted by molar-refractivity contribution is 0.232. The first-order chi connectivity index (χ1) is 9.95. The van der Waals surface area contributed by atoms with Crippen LogP contribution in [0.3, 0.4) is 0 Å². The zero-order valence-corrected chi connectivity index (χ0v) is 12.3. The molecule has 5 heteroatoms. The molecule has 19 heavy (non-hydrogen) atoms. The van der Waals surface area contributed by atoms with E-state index in [4.69, 9.17) is 31.0 Å². The van der Waals surface area contributed by atoms with E-state index in [1.807, 2.05) is 17.0 Å². The van der Waals surface area contributed by atoms with Gasteiger partial charge in [0, 0.05) is 35.5 Å². The third-order valence-electron chi connectivity index (χ3n) is 3.22. The second-order valence-electron chi connectivity index (χ2n) is 4.53. The molecule has 1 fully saturated rings. The van der Waals surface area contributed by atoms with Crippen LogP contribution in [-0.4, -0.2) is 49.3 Å². The van der Waals surface area contributed by atoms with Crippen LogP contribution in [0.5, 0.6) is 0 Å². The fraction of sp³-hybridized carbons (Fsp3) is 0.571. The summed E-state index contributed by atoms with van der Waals surface area (Å²) in [5.41, 5.74) is 0.903. The van der Waals surface area contributed by atoms with E-state index in [9.17, 15) is 0 Å². The van der Waals surface area contributed by atoms with Gasteiger partial charge < -0.3 is 10.0 Å². The third kappa shape index (κ3) is 3.99. The third-order valence-corrected chi connectivity index (χ3v) is 4.03. The van der Waals surface area contributed by atoms with Gasteiger partial charge in [-0.25, -0.2) is 0 Å². The minimum atomic E-state index is -1.37. The summed E-state index contributed by atoms with van der Waals surface area (Å²) in [6.07, 6.45) is 0.828. The topological polar surface area (TPSA) is 26.7 Å². The van der Waals surface area contributed by atoms with Crippen molar-refractivity contribution >= 4 is 28.9 Å². The highest BCUT2D eigenvalue weighted by atomic mass is 35.5. The Hall–Kier alpha value is -0.480. The molecule has 1 aromatic carbocycles. The van der Waals surface area contributed by atoms with Crippen LogP contribution in [0.2, 0.25) is 10.0 Å². The van der Waals surface area contributed by atoms with Gasteiger partial charge in [0.05, 0.1) is 15.7 Å². The summed E-state index contributed by atoms with van der Waals surface area (Å²) in [6, 6.07) is 5.57. The average Bonchev–Trinajstić information content (AvgIpc) is 2.48. The summed E-state index contributed by atoms with van der Waals surface area (Å²) >= 11 is 12.3. The minimum absolute atomic E-state index is 0.0254. The van der Waals surface area contributed by atoms with E-state index < -0.39 is 6.50 Å². The highest BCUT2D eigenvalue weighted by molar-refractivity contribution is 6.43. The van der Waals surface area contributed by atoms with Crippen molar-refractivity contribution in [3.8, 4) is 0 Å². The number of piperazine rings is 1. The lowest BCUT2D eigenvalue weighted by Crippen LogP contribution is -2.46. The van der Waals surface area contributed by atoms with Gasteiger partial charge in [0.25, 0.3) is 0 Å². The Morgan fingerprint density at radius 3 is 2.58 bits per heavy atom. The lowest BCUT2D eigenvalue weighted by atomic mass is 10.2. The van der Waals surface area contributed by atoms with E-state index in [1.165, 1.54) is 0 Å². The van der Waals surface area contributed by atoms with Gasteiger partial charge in [-0.15, -0.1) is 0 Å². The van der Waals surface area contributed by atoms with Crippen molar-refractivity contribution in [2.45, 2.75) is 12.8 Å². The minimum Gasteiger partial charge on any atom is -0.396 e. The Labute approximate surface area is 127 Å². The monoisotopic (exact) mass is 304 g/mol. The van der Waals surface area contributed by atoms with Crippen molar-refractivity contribution in [1.29, 1.82) is 0 Å². The zero-order valence-electron chi connectivity index (χ0n) is 12.8. The first-order valence-electron chi connectivity index (χ1n) is 7.50. The number of halogens is 2. The molecule has 3 nitrogen and oxygen atoms in total. The Bertz CT molecular complexity index is 480. The maximum absolute atomic E-state index is 8.85. The zero-order chi connectivity index (χ0) is 15.5. The quantitative estimate of drug-likeness (QED) is 0.906. The maximum atomic E-state index is 8.85. The van der Waals surface area contributed by atoms with Gasteiger partial charge in [0.15, 0.2) is 0 Å². The molecule has 0 unspecified atom stereocenters. The molecular weight excluding hydrogens is 283 g/mol. The molecule has 0 amide bonds. The fourth-order valence-corrected chi connectivity index (χ4v) is 2.57. The molecule has 0 saturated carbocycles. The standard InChI is InChI=1S/C14H20Cl2N2O/c15-12-4-3-5-13(14(12)16)18-9-7-17(8-10-18)6-1-2-11-19/h3-5,19H,1-2,6-11H2/i6D2. The Balaban J connectivity index is 1.98. The molecular formula is C14H20Cl2N2O. The molecule has 1 saturated heterocycles. The molecule has 0 aliphatic carbocycles. The number of anilines is 1. The first-order valence-corrected chi connectivity index (χ1v) is 7.26. The van der Waals surface area contributed by atoms with E-state index >= 15 is 0 Å². The van der Waals surface area contributed by atoms with Crippen LogP contribution in [0.25, 0.3) is 0 Å². The summed E-state index contributed by atoms with van der Waals surface area (Å²) in [5.74, 6) is 0. The van der Waals surface area contributed by atoms with E-state index in [-0.39, 0.29) is 6.61 Å². The van der Waals surface area contributed by atoms with Crippen LogP contribution in [-0.2, 0) is 0 Å². The van der Waals surface area contributed by atoms with Crippen molar-refractivity contribution in [2.75, 3.05) is 44.2 Å². The number of hydrogen-bond donors (Lipinski definition) is 1. The van der Waals surface area contributed by atoms with Crippen molar-refractivity contribution in [2.24, 2.45) is 0 Å². The van der Waals surface area contributed by atoms with Crippen LogP contribution < -0.4 is 4.90 Å². The molecule has 0 bridgehead atoms. The predicted molar refractivity (Wildman–Crippen MR) is 81.4 cm³/mol. The van der Waals surface area contributed by atoms with Gasteiger partial charge in [-0.2, -0.15) is 0 Å². The smallest absolute Gasteiger partial charge is 0.0825 e. The molecule has 0 aromatic heterocycles. The Morgan fingerprint density at radius 1 is 1.16 bits per heavy atom. The van der Waals surface area contributed by atoms with E-state index in [1.54, 1.807) is 6.07 Å². The normalized spacial score (nSPS) is 19.2. The molecule has 0 atom stereocenters. The van der Waals surface area contributed by atoms with Crippen LogP contribution in [0.15, 0.2) is 18.2 Å². The van der Waals surface area contributed by atoms with Crippen LogP contribution >= 0.6 is 23.2 Å². The lowest BCUT2D eigenvalue weighted by Gasteiger charge is -2.36. The molecule has 1 aliphatic rings. The second-order valence-corrected chi connectivity index (χ2v) is 5.32. The summed E-state index contributed by atoms with van der Waals surface area (Å²) in [7, 11) is 0. The SMILES string of the molecule is [2H]C([2H])(CCCO)N1CCN(c2cccc(Cl)c2Cl)CC1. The van der Waals surface area contributed by atoms with Gasteiger partial charge in [-0.3, -0.25) is 4.90 Å². The molecule has 1 heterocycles. The second kappa shape index (κ2) is 7.34. The predicted octanol–water partition coefficient (Wildman–Crippen LogP) is 2.89. The first kappa shape index (κ1) is 12.3. The molecule has 1 N–H and O–H groups in total. The van der Waals surface area contributed by atoms with Gasteiger partial charge in [0.2, 0.25) is 0 Å². The number of hydrogen-bond acceptors (Lipinski definition) is 3. The number of aliphatic hydroxyl groups excluding tert-OH is 1. The van der Waals surface area contributed by atoms with Crippen LogP contribution in [0.4, 0.5) is 5.69 Å². The Morgan fingerprint density at radius 2 is 1.89 bits per heavy atom. The van der Waals surface area contributed by atoms with Gasteiger partial charge in [0.1, 0.15) is 0 Å². The average molecular weight is 305 g/mol. The van der Waals surface area contributed by atoms with Gasteiger partial charge in [-0.1, -0.05) is 29.3 Å². The molecule has 1 aromatic rings. The van der Waals surface area contributed by atoms with E-state index in [2.05, 4.69) is 4.90 Å². The van der Waals surface area contributed by atoms with Gasteiger partial charge in [-0.05, 0) is 31.5 Å². The van der Waals surface area contributed by atoms with Crippen molar-refractivity contribution in [3.05, 3.63) is 28.2 Å². The molecule has 0 radical (unpaired) electrons. The summed E-state index contributed by atoms with van der Waals surface area (Å²) in [6.45, 7) is 1.32. The van der Waals surface area contributed by atoms with E-state index in [0.717, 1.165) is 5.69 Å². The number of rotatable bonds is 5. The van der Waals surface area contributed by atoms with Crippen LogP contribution in [0, 0.1) is 0 Å². The highest BCUT2D eigenvalue weighted by Crippen LogP contribution is 2.32. The maximum Gasteiger partial charge on any atom is 0.0825 e. The molecule has 0 spiro atoms. The van der Waals surface area contributed by atoms with Crippen LogP contribution in [0.1, 0.15) is 15.6 Å². The summed E-state index contributed by atoms with van der Waals surface area (Å²) < 4.78 is 16.2. The number of nitrogens with zero attached hydrogens (tertiary/aromatic N) is 2. The largest absolute Gasteiger partial charge is 0.396 e. The van der Waals surface area contributed by atoms with Crippen molar-refractivity contribution in [1.82, 2.24) is 4.90 Å².